The summed E-state index contributed by atoms with van der Waals surface area (Å²) in [4.78, 5) is 12.5. The first-order valence-electron chi connectivity index (χ1n) is 7.10. The van der Waals surface area contributed by atoms with Crippen LogP contribution in [0.4, 0.5) is 0 Å². The number of rotatable bonds is 5. The van der Waals surface area contributed by atoms with Gasteiger partial charge in [-0.2, -0.15) is 0 Å². The number of amides is 1. The highest BCUT2D eigenvalue weighted by Gasteiger charge is 2.30. The van der Waals surface area contributed by atoms with Gasteiger partial charge >= 0.3 is 0 Å². The van der Waals surface area contributed by atoms with Gasteiger partial charge in [0.1, 0.15) is 5.75 Å². The molecule has 0 bridgehead atoms. The molecular weight excluding hydrogens is 366 g/mol. The van der Waals surface area contributed by atoms with Crippen molar-refractivity contribution in [3.05, 3.63) is 63.6 Å². The topological polar surface area (TPSA) is 38.3 Å². The third-order valence-electron chi connectivity index (χ3n) is 3.40. The van der Waals surface area contributed by atoms with Crippen molar-refractivity contribution >= 4 is 33.4 Å². The average Bonchev–Trinajstić information content (AvgIpc) is 3.31. The molecule has 0 aromatic heterocycles. The molecule has 1 aliphatic rings. The average molecular weight is 381 g/mol. The second-order valence-electron chi connectivity index (χ2n) is 5.27. The minimum atomic E-state index is -0.681. The lowest BCUT2D eigenvalue weighted by Crippen LogP contribution is -2.33. The molecule has 1 aliphatic carbocycles. The zero-order valence-corrected chi connectivity index (χ0v) is 14.1. The Morgan fingerprint density at radius 1 is 1.23 bits per heavy atom. The number of hydrogen-bond donors (Lipinski definition) is 1. The molecule has 0 radical (unpaired) electrons. The number of benzene rings is 2. The Hall–Kier alpha value is -1.52. The molecule has 2 aromatic rings. The van der Waals surface area contributed by atoms with Crippen LogP contribution >= 0.6 is 27.5 Å². The largest absolute Gasteiger partial charge is 0.475 e. The maximum absolute atomic E-state index is 12.5. The molecule has 114 valence electrons. The first-order chi connectivity index (χ1) is 10.6. The molecule has 1 saturated carbocycles. The highest BCUT2D eigenvalue weighted by atomic mass is 79.9. The summed E-state index contributed by atoms with van der Waals surface area (Å²) in [5.74, 6) is 0.472. The minimum absolute atomic E-state index is 0.115. The highest BCUT2D eigenvalue weighted by Crippen LogP contribution is 2.32. The molecule has 0 saturated heterocycles. The Kier molecular flexibility index (Phi) is 4.69. The van der Waals surface area contributed by atoms with Crippen LogP contribution in [0.3, 0.4) is 0 Å². The first-order valence-corrected chi connectivity index (χ1v) is 8.27. The fourth-order valence-electron chi connectivity index (χ4n) is 2.10. The molecule has 1 amide bonds. The van der Waals surface area contributed by atoms with E-state index in [1.54, 1.807) is 18.2 Å². The lowest BCUT2D eigenvalue weighted by Gasteiger charge is -2.20. The summed E-state index contributed by atoms with van der Waals surface area (Å²) in [7, 11) is 0. The number of nitrogens with one attached hydrogen (secondary N) is 1. The molecule has 1 fully saturated rings. The molecule has 2 aromatic carbocycles. The van der Waals surface area contributed by atoms with Crippen LogP contribution in [0.2, 0.25) is 5.02 Å². The number of ether oxygens (including phenoxy) is 1. The van der Waals surface area contributed by atoms with Crippen molar-refractivity contribution in [3.8, 4) is 5.75 Å². The number of carbonyl (C=O) groups excluding carboxylic acids is 1. The van der Waals surface area contributed by atoms with Crippen LogP contribution in [-0.2, 0) is 4.79 Å². The maximum atomic E-state index is 12.5. The summed E-state index contributed by atoms with van der Waals surface area (Å²) >= 11 is 9.36. The van der Waals surface area contributed by atoms with E-state index in [1.807, 2.05) is 30.3 Å². The summed E-state index contributed by atoms with van der Waals surface area (Å²) in [5, 5.41) is 3.61. The molecule has 22 heavy (non-hydrogen) atoms. The third kappa shape index (κ3) is 3.81. The van der Waals surface area contributed by atoms with E-state index in [4.69, 9.17) is 16.3 Å². The molecular formula is C17H15BrClNO2. The molecule has 1 N–H and O–H groups in total. The second-order valence-corrected chi connectivity index (χ2v) is 6.56. The van der Waals surface area contributed by atoms with Crippen molar-refractivity contribution in [2.75, 3.05) is 0 Å². The van der Waals surface area contributed by atoms with Gasteiger partial charge < -0.3 is 10.1 Å². The minimum Gasteiger partial charge on any atom is -0.475 e. The summed E-state index contributed by atoms with van der Waals surface area (Å²) in [6, 6.07) is 15.0. The smallest absolute Gasteiger partial charge is 0.266 e. The third-order valence-corrected chi connectivity index (χ3v) is 4.26. The molecule has 0 heterocycles. The van der Waals surface area contributed by atoms with Gasteiger partial charge in [0, 0.05) is 16.6 Å². The fourth-order valence-corrected chi connectivity index (χ4v) is 2.88. The van der Waals surface area contributed by atoms with Gasteiger partial charge in [-0.3, -0.25) is 4.79 Å². The predicted molar refractivity (Wildman–Crippen MR) is 90.1 cm³/mol. The Bertz CT molecular complexity index is 674. The van der Waals surface area contributed by atoms with Gasteiger partial charge in [0.05, 0.1) is 4.47 Å². The normalized spacial score (nSPS) is 15.2. The molecule has 3 rings (SSSR count). The highest BCUT2D eigenvalue weighted by molar-refractivity contribution is 9.10. The number of halogens is 2. The predicted octanol–water partition coefficient (Wildman–Crippen LogP) is 4.50. The van der Waals surface area contributed by atoms with Gasteiger partial charge in [-0.05, 0) is 47.0 Å². The molecule has 1 atom stereocenters. The molecule has 0 spiro atoms. The Labute approximate surface area is 142 Å². The summed E-state index contributed by atoms with van der Waals surface area (Å²) in [6.45, 7) is 0. The van der Waals surface area contributed by atoms with Gasteiger partial charge in [-0.25, -0.2) is 0 Å². The van der Waals surface area contributed by atoms with Gasteiger partial charge in [0.25, 0.3) is 5.91 Å². The second kappa shape index (κ2) is 6.71. The standard InChI is InChI=1S/C17H15BrClNO2/c18-14-10-12(19)6-9-15(14)22-16(11-4-2-1-3-5-11)17(21)20-13-7-8-13/h1-6,9-10,13,16H,7-8H2,(H,20,21)/t16-/m1/s1. The van der Waals surface area contributed by atoms with Crippen LogP contribution in [0, 0.1) is 0 Å². The van der Waals surface area contributed by atoms with Crippen LogP contribution in [-0.4, -0.2) is 11.9 Å². The van der Waals surface area contributed by atoms with Crippen molar-refractivity contribution in [3.63, 3.8) is 0 Å². The van der Waals surface area contributed by atoms with Crippen LogP contribution in [0.25, 0.3) is 0 Å². The van der Waals surface area contributed by atoms with E-state index < -0.39 is 6.10 Å². The summed E-state index contributed by atoms with van der Waals surface area (Å²) in [5.41, 5.74) is 0.822. The lowest BCUT2D eigenvalue weighted by atomic mass is 10.1. The van der Waals surface area contributed by atoms with Crippen LogP contribution in [0.5, 0.6) is 5.75 Å². The monoisotopic (exact) mass is 379 g/mol. The van der Waals surface area contributed by atoms with Crippen LogP contribution in [0.15, 0.2) is 53.0 Å². The molecule has 3 nitrogen and oxygen atoms in total. The Morgan fingerprint density at radius 3 is 2.59 bits per heavy atom. The van der Waals surface area contributed by atoms with Crippen LogP contribution in [0.1, 0.15) is 24.5 Å². The van der Waals surface area contributed by atoms with E-state index in [-0.39, 0.29) is 11.9 Å². The Balaban J connectivity index is 1.85. The Morgan fingerprint density at radius 2 is 1.95 bits per heavy atom. The van der Waals surface area contributed by atoms with E-state index in [1.165, 1.54) is 0 Å². The fraction of sp³-hybridized carbons (Fsp3) is 0.235. The number of carbonyl (C=O) groups is 1. The number of hydrogen-bond acceptors (Lipinski definition) is 2. The van der Waals surface area contributed by atoms with Crippen molar-refractivity contribution in [1.29, 1.82) is 0 Å². The van der Waals surface area contributed by atoms with E-state index in [0.717, 1.165) is 22.9 Å². The van der Waals surface area contributed by atoms with E-state index in [9.17, 15) is 4.79 Å². The van der Waals surface area contributed by atoms with Crippen molar-refractivity contribution in [2.45, 2.75) is 25.0 Å². The SMILES string of the molecule is O=C(NC1CC1)[C@H](Oc1ccc(Cl)cc1Br)c1ccccc1. The maximum Gasteiger partial charge on any atom is 0.266 e. The molecule has 0 unspecified atom stereocenters. The van der Waals surface area contributed by atoms with Crippen molar-refractivity contribution in [1.82, 2.24) is 5.32 Å². The van der Waals surface area contributed by atoms with Gasteiger partial charge in [0.2, 0.25) is 6.10 Å². The quantitative estimate of drug-likeness (QED) is 0.829. The van der Waals surface area contributed by atoms with Crippen molar-refractivity contribution < 1.29 is 9.53 Å². The van der Waals surface area contributed by atoms with E-state index in [2.05, 4.69) is 21.2 Å². The van der Waals surface area contributed by atoms with Gasteiger partial charge in [-0.1, -0.05) is 41.9 Å². The van der Waals surface area contributed by atoms with E-state index >= 15 is 0 Å². The van der Waals surface area contributed by atoms with E-state index in [0.29, 0.717) is 10.8 Å². The van der Waals surface area contributed by atoms with Crippen LogP contribution < -0.4 is 10.1 Å². The zero-order valence-electron chi connectivity index (χ0n) is 11.8. The summed E-state index contributed by atoms with van der Waals surface area (Å²) in [6.07, 6.45) is 1.40. The lowest BCUT2D eigenvalue weighted by molar-refractivity contribution is -0.128. The first kappa shape index (κ1) is 15.4. The molecule has 5 heteroatoms. The van der Waals surface area contributed by atoms with Crippen molar-refractivity contribution in [2.24, 2.45) is 0 Å². The van der Waals surface area contributed by atoms with Gasteiger partial charge in [-0.15, -0.1) is 0 Å². The van der Waals surface area contributed by atoms with Gasteiger partial charge in [0.15, 0.2) is 0 Å². The molecule has 0 aliphatic heterocycles. The zero-order chi connectivity index (χ0) is 15.5. The summed E-state index contributed by atoms with van der Waals surface area (Å²) < 4.78 is 6.68.